The molecule has 1 atom stereocenters. The van der Waals surface area contributed by atoms with Gasteiger partial charge in [-0.2, -0.15) is 9.30 Å². The zero-order chi connectivity index (χ0) is 24.5. The zero-order valence-corrected chi connectivity index (χ0v) is 20.4. The third-order valence-corrected chi connectivity index (χ3v) is 8.63. The van der Waals surface area contributed by atoms with Crippen molar-refractivity contribution in [1.29, 1.82) is 0 Å². The van der Waals surface area contributed by atoms with Crippen LogP contribution in [0.15, 0.2) is 58.9 Å². The molecule has 1 unspecified atom stereocenters. The van der Waals surface area contributed by atoms with Crippen molar-refractivity contribution >= 4 is 37.5 Å². The van der Waals surface area contributed by atoms with E-state index in [-0.39, 0.29) is 11.4 Å². The Balaban J connectivity index is 1.79. The molecule has 1 fully saturated rings. The first-order chi connectivity index (χ1) is 16.3. The number of sulfonamides is 1. The molecule has 0 radical (unpaired) electrons. The Morgan fingerprint density at radius 3 is 2.53 bits per heavy atom. The van der Waals surface area contributed by atoms with Gasteiger partial charge in [0, 0.05) is 13.1 Å². The van der Waals surface area contributed by atoms with E-state index >= 15 is 0 Å². The van der Waals surface area contributed by atoms with Crippen LogP contribution >= 0.6 is 11.3 Å². The molecule has 0 spiro atoms. The highest BCUT2D eigenvalue weighted by Crippen LogP contribution is 2.35. The SMILES string of the molecule is C=CCn1c(=NC(=O)C2CCCN2S(=O)(=O)c2ccc(F)cc2)sc2c(OC)ccc(OC)c21. The highest BCUT2D eigenvalue weighted by molar-refractivity contribution is 7.89. The molecule has 0 N–H and O–H groups in total. The molecule has 1 saturated heterocycles. The lowest BCUT2D eigenvalue weighted by molar-refractivity contribution is -0.121. The van der Waals surface area contributed by atoms with Crippen LogP contribution in [0.2, 0.25) is 0 Å². The Morgan fingerprint density at radius 2 is 1.88 bits per heavy atom. The number of aromatic nitrogens is 1. The van der Waals surface area contributed by atoms with Gasteiger partial charge in [-0.25, -0.2) is 12.8 Å². The molecule has 0 aliphatic carbocycles. The summed E-state index contributed by atoms with van der Waals surface area (Å²) in [4.78, 5) is 17.9. The first-order valence-electron chi connectivity index (χ1n) is 10.5. The van der Waals surface area contributed by atoms with Gasteiger partial charge in [-0.15, -0.1) is 6.58 Å². The minimum Gasteiger partial charge on any atom is -0.495 e. The molecule has 1 amide bonds. The molecule has 0 saturated carbocycles. The van der Waals surface area contributed by atoms with Gasteiger partial charge in [0.05, 0.1) is 19.1 Å². The van der Waals surface area contributed by atoms with Crippen molar-refractivity contribution in [2.24, 2.45) is 4.99 Å². The number of thiazole rings is 1. The number of carbonyl (C=O) groups excluding carboxylic acids is 1. The number of allylic oxidation sites excluding steroid dienone is 1. The molecule has 11 heteroatoms. The summed E-state index contributed by atoms with van der Waals surface area (Å²) in [6.07, 6.45) is 2.55. The molecule has 2 heterocycles. The largest absolute Gasteiger partial charge is 0.495 e. The monoisotopic (exact) mass is 505 g/mol. The van der Waals surface area contributed by atoms with Gasteiger partial charge in [0.1, 0.15) is 33.6 Å². The summed E-state index contributed by atoms with van der Waals surface area (Å²) in [7, 11) is -0.877. The van der Waals surface area contributed by atoms with E-state index in [1.807, 2.05) is 0 Å². The summed E-state index contributed by atoms with van der Waals surface area (Å²) in [5, 5.41) is 0. The van der Waals surface area contributed by atoms with Gasteiger partial charge in [-0.05, 0) is 49.2 Å². The van der Waals surface area contributed by atoms with E-state index in [4.69, 9.17) is 9.47 Å². The van der Waals surface area contributed by atoms with E-state index in [1.54, 1.807) is 37.0 Å². The number of benzene rings is 2. The van der Waals surface area contributed by atoms with Crippen molar-refractivity contribution in [2.75, 3.05) is 20.8 Å². The van der Waals surface area contributed by atoms with Gasteiger partial charge in [0.25, 0.3) is 5.91 Å². The van der Waals surface area contributed by atoms with Crippen molar-refractivity contribution in [3.8, 4) is 11.5 Å². The van der Waals surface area contributed by atoms with Crippen LogP contribution in [0.25, 0.3) is 10.2 Å². The number of ether oxygens (including phenoxy) is 2. The van der Waals surface area contributed by atoms with Crippen molar-refractivity contribution in [1.82, 2.24) is 8.87 Å². The smallest absolute Gasteiger partial charge is 0.266 e. The average Bonchev–Trinajstić information content (AvgIpc) is 3.45. The van der Waals surface area contributed by atoms with Crippen molar-refractivity contribution in [3.63, 3.8) is 0 Å². The lowest BCUT2D eigenvalue weighted by Crippen LogP contribution is -2.40. The average molecular weight is 506 g/mol. The normalized spacial score (nSPS) is 17.3. The highest BCUT2D eigenvalue weighted by atomic mass is 32.2. The molecular formula is C23H24FN3O5S2. The Kier molecular flexibility index (Phi) is 6.87. The molecule has 180 valence electrons. The molecule has 1 aliphatic rings. The molecule has 0 bridgehead atoms. The molecule has 8 nitrogen and oxygen atoms in total. The second kappa shape index (κ2) is 9.69. The van der Waals surface area contributed by atoms with Gasteiger partial charge >= 0.3 is 0 Å². The van der Waals surface area contributed by atoms with Crippen LogP contribution in [0, 0.1) is 5.82 Å². The first kappa shape index (κ1) is 24.1. The van der Waals surface area contributed by atoms with Crippen molar-refractivity contribution < 1.29 is 27.1 Å². The second-order valence-electron chi connectivity index (χ2n) is 7.61. The standard InChI is InChI=1S/C23H24FN3O5S2/c1-4-13-26-20-18(31-2)11-12-19(32-3)21(20)33-23(26)25-22(28)17-6-5-14-27(17)34(29,30)16-9-7-15(24)8-10-16/h4,7-12,17H,1,5-6,13-14H2,2-3H3. The van der Waals surface area contributed by atoms with E-state index in [0.717, 1.165) is 21.1 Å². The number of rotatable bonds is 7. The summed E-state index contributed by atoms with van der Waals surface area (Å²) in [5.74, 6) is 0.0916. The summed E-state index contributed by atoms with van der Waals surface area (Å²) in [6.45, 7) is 4.34. The fourth-order valence-electron chi connectivity index (χ4n) is 4.02. The van der Waals surface area contributed by atoms with E-state index in [9.17, 15) is 17.6 Å². The van der Waals surface area contributed by atoms with Crippen LogP contribution in [0.4, 0.5) is 4.39 Å². The van der Waals surface area contributed by atoms with Crippen LogP contribution in [-0.4, -0.2) is 50.0 Å². The maximum Gasteiger partial charge on any atom is 0.266 e. The van der Waals surface area contributed by atoms with Crippen molar-refractivity contribution in [2.45, 2.75) is 30.3 Å². The molecule has 34 heavy (non-hydrogen) atoms. The first-order valence-corrected chi connectivity index (χ1v) is 12.8. The number of hydrogen-bond acceptors (Lipinski definition) is 6. The highest BCUT2D eigenvalue weighted by Gasteiger charge is 2.39. The third-order valence-electron chi connectivity index (χ3n) is 5.62. The lowest BCUT2D eigenvalue weighted by atomic mass is 10.2. The number of hydrogen-bond donors (Lipinski definition) is 0. The van der Waals surface area contributed by atoms with E-state index in [0.29, 0.717) is 41.2 Å². The minimum atomic E-state index is -3.98. The van der Waals surface area contributed by atoms with Gasteiger partial charge < -0.3 is 14.0 Å². The maximum absolute atomic E-state index is 13.3. The summed E-state index contributed by atoms with van der Waals surface area (Å²) in [6, 6.07) is 7.17. The summed E-state index contributed by atoms with van der Waals surface area (Å²) >= 11 is 1.25. The van der Waals surface area contributed by atoms with Crippen LogP contribution in [0.3, 0.4) is 0 Å². The Hall–Kier alpha value is -3.02. The number of fused-ring (bicyclic) bond motifs is 1. The number of nitrogens with zero attached hydrogens (tertiary/aromatic N) is 3. The molecule has 1 aliphatic heterocycles. The fourth-order valence-corrected chi connectivity index (χ4v) is 6.83. The lowest BCUT2D eigenvalue weighted by Gasteiger charge is -2.21. The van der Waals surface area contributed by atoms with Crippen molar-refractivity contribution in [3.05, 3.63) is 59.7 Å². The quantitative estimate of drug-likeness (QED) is 0.460. The second-order valence-corrected chi connectivity index (χ2v) is 10.5. The molecule has 4 rings (SSSR count). The molecular weight excluding hydrogens is 481 g/mol. The molecule has 1 aromatic heterocycles. The Bertz CT molecular complexity index is 1410. The third kappa shape index (κ3) is 4.26. The van der Waals surface area contributed by atoms with Gasteiger partial charge in [0.15, 0.2) is 4.80 Å². The van der Waals surface area contributed by atoms with Crippen LogP contribution in [0.1, 0.15) is 12.8 Å². The van der Waals surface area contributed by atoms with E-state index in [1.165, 1.54) is 23.5 Å². The topological polar surface area (TPSA) is 90.2 Å². The van der Waals surface area contributed by atoms with E-state index < -0.39 is 27.8 Å². The predicted octanol–water partition coefficient (Wildman–Crippen LogP) is 3.33. The van der Waals surface area contributed by atoms with Gasteiger partial charge in [-0.1, -0.05) is 17.4 Å². The zero-order valence-electron chi connectivity index (χ0n) is 18.7. The number of methoxy groups -OCH3 is 2. The van der Waals surface area contributed by atoms with E-state index in [2.05, 4.69) is 11.6 Å². The van der Waals surface area contributed by atoms with Gasteiger partial charge in [0.2, 0.25) is 10.0 Å². The molecule has 3 aromatic rings. The van der Waals surface area contributed by atoms with Crippen LogP contribution in [0.5, 0.6) is 11.5 Å². The molecule has 2 aromatic carbocycles. The number of carbonyl (C=O) groups is 1. The minimum absolute atomic E-state index is 0.0633. The maximum atomic E-state index is 13.3. The van der Waals surface area contributed by atoms with Gasteiger partial charge in [-0.3, -0.25) is 4.79 Å². The fraction of sp³-hybridized carbons (Fsp3) is 0.304. The predicted molar refractivity (Wildman–Crippen MR) is 127 cm³/mol. The summed E-state index contributed by atoms with van der Waals surface area (Å²) < 4.78 is 54.3. The number of amides is 1. The van der Waals surface area contributed by atoms with Crippen LogP contribution < -0.4 is 14.3 Å². The number of halogens is 1. The summed E-state index contributed by atoms with van der Waals surface area (Å²) in [5.41, 5.74) is 0.709. The van der Waals surface area contributed by atoms with Crippen LogP contribution in [-0.2, 0) is 21.4 Å². The Labute approximate surface area is 200 Å². The Morgan fingerprint density at radius 1 is 1.21 bits per heavy atom.